The van der Waals surface area contributed by atoms with Crippen molar-refractivity contribution in [3.63, 3.8) is 0 Å². The molecule has 0 amide bonds. The molecule has 40 heavy (non-hydrogen) atoms. The molecule has 6 nitrogen and oxygen atoms in total. The number of hydrogen-bond acceptors (Lipinski definition) is 6. The Morgan fingerprint density at radius 2 is 1.60 bits per heavy atom. The summed E-state index contributed by atoms with van der Waals surface area (Å²) in [6, 6.07) is 16.2. The Labute approximate surface area is 238 Å². The van der Waals surface area contributed by atoms with Crippen molar-refractivity contribution in [1.29, 1.82) is 0 Å². The number of benzene rings is 3. The largest absolute Gasteiger partial charge is 0.497 e. The average molecular weight is 556 g/mol. The van der Waals surface area contributed by atoms with Crippen molar-refractivity contribution in [2.75, 3.05) is 19.1 Å². The number of carbonyl (C=O) groups excluding carboxylic acids is 3. The Hall–Kier alpha value is -3.90. The number of methoxy groups -OCH3 is 2. The first-order valence-corrected chi connectivity index (χ1v) is 13.6. The number of ketones is 3. The van der Waals surface area contributed by atoms with E-state index in [4.69, 9.17) is 21.1 Å². The molecule has 204 valence electrons. The summed E-state index contributed by atoms with van der Waals surface area (Å²) in [6.45, 7) is 5.60. The fourth-order valence-electron chi connectivity index (χ4n) is 6.82. The maximum absolute atomic E-state index is 14.7. The summed E-state index contributed by atoms with van der Waals surface area (Å²) in [5.74, 6) is -0.511. The molecular weight excluding hydrogens is 526 g/mol. The lowest BCUT2D eigenvalue weighted by Gasteiger charge is -2.38. The maximum atomic E-state index is 14.7. The normalized spacial score (nSPS) is 22.2. The van der Waals surface area contributed by atoms with E-state index in [9.17, 15) is 14.4 Å². The molecule has 7 heteroatoms. The molecule has 0 aromatic heterocycles. The molecular formula is C33H30ClNO5. The van der Waals surface area contributed by atoms with Gasteiger partial charge in [0.05, 0.1) is 26.3 Å². The standard InChI is InChI=1S/C33H30ClNO5/c1-32(2,3)31(38)28-27(23-17-20(39-4)12-14-25(23)40-5)33(29(36)21-8-6-7-9-22(21)30(33)37)26-15-10-18-16-19(34)11-13-24(18)35(26)28/h6-17,26-28H,1-5H3/t26-,27+,28-/m1/s1. The molecule has 1 saturated heterocycles. The quantitative estimate of drug-likeness (QED) is 0.347. The molecule has 0 unspecified atom stereocenters. The minimum Gasteiger partial charge on any atom is -0.497 e. The Morgan fingerprint density at radius 3 is 2.20 bits per heavy atom. The van der Waals surface area contributed by atoms with Crippen molar-refractivity contribution in [2.24, 2.45) is 10.8 Å². The van der Waals surface area contributed by atoms with E-state index in [1.807, 2.05) is 50.0 Å². The van der Waals surface area contributed by atoms with Crippen LogP contribution in [0.2, 0.25) is 5.02 Å². The zero-order valence-corrected chi connectivity index (χ0v) is 23.8. The van der Waals surface area contributed by atoms with Crippen molar-refractivity contribution in [3.05, 3.63) is 94.0 Å². The van der Waals surface area contributed by atoms with E-state index in [1.165, 1.54) is 0 Å². The zero-order chi connectivity index (χ0) is 28.6. The number of Topliss-reactive ketones (excluding diaryl/α,β-unsaturated/α-hetero) is 3. The van der Waals surface area contributed by atoms with Gasteiger partial charge >= 0.3 is 0 Å². The minimum atomic E-state index is -1.61. The van der Waals surface area contributed by atoms with Crippen LogP contribution in [0.5, 0.6) is 11.5 Å². The summed E-state index contributed by atoms with van der Waals surface area (Å²) in [4.78, 5) is 46.0. The lowest BCUT2D eigenvalue weighted by Crippen LogP contribution is -2.49. The fraction of sp³-hybridized carbons (Fsp3) is 0.303. The molecule has 3 aromatic rings. The fourth-order valence-corrected chi connectivity index (χ4v) is 7.00. The second-order valence-corrected chi connectivity index (χ2v) is 12.1. The van der Waals surface area contributed by atoms with Gasteiger partial charge in [-0.3, -0.25) is 14.4 Å². The number of hydrogen-bond donors (Lipinski definition) is 0. The van der Waals surface area contributed by atoms with Crippen molar-refractivity contribution < 1.29 is 23.9 Å². The number of halogens is 1. The highest BCUT2D eigenvalue weighted by molar-refractivity contribution is 6.32. The lowest BCUT2D eigenvalue weighted by atomic mass is 9.63. The van der Waals surface area contributed by atoms with E-state index in [-0.39, 0.29) is 17.3 Å². The number of rotatable bonds is 4. The monoisotopic (exact) mass is 555 g/mol. The molecule has 2 aliphatic heterocycles. The Balaban J connectivity index is 1.74. The smallest absolute Gasteiger partial charge is 0.180 e. The first kappa shape index (κ1) is 26.3. The molecule has 0 saturated carbocycles. The predicted octanol–water partition coefficient (Wildman–Crippen LogP) is 6.41. The van der Waals surface area contributed by atoms with Crippen LogP contribution in [0.15, 0.2) is 66.7 Å². The van der Waals surface area contributed by atoms with E-state index in [1.54, 1.807) is 62.8 Å². The highest BCUT2D eigenvalue weighted by atomic mass is 35.5. The molecule has 3 atom stereocenters. The Bertz CT molecular complexity index is 1580. The summed E-state index contributed by atoms with van der Waals surface area (Å²) in [7, 11) is 3.10. The van der Waals surface area contributed by atoms with E-state index < -0.39 is 28.8 Å². The van der Waals surface area contributed by atoms with Crippen LogP contribution in [0.25, 0.3) is 6.08 Å². The van der Waals surface area contributed by atoms with Crippen molar-refractivity contribution in [1.82, 2.24) is 0 Å². The number of fused-ring (bicyclic) bond motifs is 5. The van der Waals surface area contributed by atoms with Gasteiger partial charge in [-0.05, 0) is 42.0 Å². The third-order valence-corrected chi connectivity index (χ3v) is 8.78. The van der Waals surface area contributed by atoms with Gasteiger partial charge in [-0.15, -0.1) is 0 Å². The van der Waals surface area contributed by atoms with Gasteiger partial charge in [-0.2, -0.15) is 0 Å². The topological polar surface area (TPSA) is 72.9 Å². The molecule has 3 aromatic carbocycles. The van der Waals surface area contributed by atoms with Crippen molar-refractivity contribution >= 4 is 40.7 Å². The van der Waals surface area contributed by atoms with Gasteiger partial charge in [0.15, 0.2) is 17.3 Å². The molecule has 6 rings (SSSR count). The Kier molecular flexibility index (Phi) is 5.97. The summed E-state index contributed by atoms with van der Waals surface area (Å²) in [5, 5.41) is 0.556. The average Bonchev–Trinajstić information content (AvgIpc) is 3.37. The van der Waals surface area contributed by atoms with Gasteiger partial charge in [0.25, 0.3) is 0 Å². The van der Waals surface area contributed by atoms with Crippen molar-refractivity contribution in [2.45, 2.75) is 38.8 Å². The van der Waals surface area contributed by atoms with Gasteiger partial charge < -0.3 is 14.4 Å². The maximum Gasteiger partial charge on any atom is 0.180 e. The molecule has 3 aliphatic rings. The van der Waals surface area contributed by atoms with Crippen molar-refractivity contribution in [3.8, 4) is 11.5 Å². The van der Waals surface area contributed by atoms with Crippen LogP contribution in [-0.2, 0) is 4.79 Å². The van der Waals surface area contributed by atoms with Crippen LogP contribution >= 0.6 is 11.6 Å². The third-order valence-electron chi connectivity index (χ3n) is 8.55. The Morgan fingerprint density at radius 1 is 0.925 bits per heavy atom. The number of ether oxygens (including phenoxy) is 2. The van der Waals surface area contributed by atoms with Gasteiger partial charge in [0.2, 0.25) is 0 Å². The third kappa shape index (κ3) is 3.45. The van der Waals surface area contributed by atoms with Crippen LogP contribution < -0.4 is 14.4 Å². The van der Waals surface area contributed by atoms with Crippen LogP contribution in [0.4, 0.5) is 5.69 Å². The number of nitrogens with zero attached hydrogens (tertiary/aromatic N) is 1. The van der Waals surface area contributed by atoms with E-state index >= 15 is 0 Å². The molecule has 0 bridgehead atoms. The second kappa shape index (κ2) is 9.07. The zero-order valence-electron chi connectivity index (χ0n) is 23.0. The summed E-state index contributed by atoms with van der Waals surface area (Å²) in [5.41, 5.74) is 0.507. The second-order valence-electron chi connectivity index (χ2n) is 11.6. The van der Waals surface area contributed by atoms with E-state index in [0.717, 1.165) is 11.3 Å². The molecule has 1 aliphatic carbocycles. The SMILES string of the molecule is COc1ccc(OC)c([C@H]2[C@H](C(=O)C(C)(C)C)N3c4ccc(Cl)cc4C=C[C@@H]3C23C(=O)c2ccccc2C3=O)c1. The lowest BCUT2D eigenvalue weighted by molar-refractivity contribution is -0.127. The highest BCUT2D eigenvalue weighted by Crippen LogP contribution is 2.62. The van der Waals surface area contributed by atoms with Crippen LogP contribution in [0, 0.1) is 10.8 Å². The molecule has 1 spiro atoms. The number of carbonyl (C=O) groups is 3. The summed E-state index contributed by atoms with van der Waals surface area (Å²) < 4.78 is 11.4. The molecule has 0 N–H and O–H groups in total. The van der Waals surface area contributed by atoms with Crippen LogP contribution in [0.3, 0.4) is 0 Å². The van der Waals surface area contributed by atoms with Crippen LogP contribution in [-0.4, -0.2) is 43.7 Å². The van der Waals surface area contributed by atoms with Gasteiger partial charge in [0, 0.05) is 38.7 Å². The summed E-state index contributed by atoms with van der Waals surface area (Å²) in [6.07, 6.45) is 3.79. The first-order chi connectivity index (χ1) is 19.0. The molecule has 2 heterocycles. The highest BCUT2D eigenvalue weighted by Gasteiger charge is 2.72. The minimum absolute atomic E-state index is 0.0861. The molecule has 1 fully saturated rings. The number of anilines is 1. The van der Waals surface area contributed by atoms with Gasteiger partial charge in [-0.1, -0.05) is 68.8 Å². The molecule has 0 radical (unpaired) electrons. The summed E-state index contributed by atoms with van der Waals surface area (Å²) >= 11 is 6.36. The van der Waals surface area contributed by atoms with Gasteiger partial charge in [-0.25, -0.2) is 0 Å². The van der Waals surface area contributed by atoms with E-state index in [0.29, 0.717) is 33.2 Å². The van der Waals surface area contributed by atoms with Gasteiger partial charge in [0.1, 0.15) is 16.9 Å². The predicted molar refractivity (Wildman–Crippen MR) is 155 cm³/mol. The van der Waals surface area contributed by atoms with E-state index in [2.05, 4.69) is 0 Å². The first-order valence-electron chi connectivity index (χ1n) is 13.3. The van der Waals surface area contributed by atoms with Crippen LogP contribution in [0.1, 0.15) is 58.5 Å².